The summed E-state index contributed by atoms with van der Waals surface area (Å²) in [6, 6.07) is 9.48. The van der Waals surface area contributed by atoms with E-state index in [4.69, 9.17) is 24.7 Å². The molecule has 3 N–H and O–H groups in total. The number of likely N-dealkylation sites (tertiary alicyclic amines) is 1. The number of thiophene rings is 1. The number of anilines is 1. The minimum atomic E-state index is -0.420. The minimum absolute atomic E-state index is 0.0672. The summed E-state index contributed by atoms with van der Waals surface area (Å²) in [7, 11) is 0. The first-order chi connectivity index (χ1) is 18.5. The predicted octanol–water partition coefficient (Wildman–Crippen LogP) is 4.11. The molecule has 3 aromatic rings. The van der Waals surface area contributed by atoms with Gasteiger partial charge in [-0.2, -0.15) is 0 Å². The Bertz CT molecular complexity index is 1350. The third-order valence-electron chi connectivity index (χ3n) is 6.38. The zero-order chi connectivity index (χ0) is 26.5. The fraction of sp³-hybridized carbons (Fsp3) is 0.385. The highest BCUT2D eigenvalue weighted by atomic mass is 32.1. The van der Waals surface area contributed by atoms with Crippen LogP contribution in [-0.2, 0) is 14.2 Å². The fourth-order valence-electron chi connectivity index (χ4n) is 4.43. The maximum atomic E-state index is 12.3. The largest absolute Gasteiger partial charge is 0.494 e. The van der Waals surface area contributed by atoms with E-state index < -0.39 is 6.09 Å². The molecule has 0 radical (unpaired) electrons. The number of nitrogens with zero attached hydrogens (tertiary/aromatic N) is 3. The summed E-state index contributed by atoms with van der Waals surface area (Å²) in [5.74, 6) is 1.28. The van der Waals surface area contributed by atoms with Crippen LogP contribution in [-0.4, -0.2) is 59.9 Å². The SMILES string of the molecule is CCNC(=O)c1cc2c(-c3cccc(OCCC4CCN(C(=O)OC5=COCO5)CC4)c3)nc(N)nc2s1. The van der Waals surface area contributed by atoms with E-state index in [-0.39, 0.29) is 24.6 Å². The van der Waals surface area contributed by atoms with Crippen molar-refractivity contribution >= 4 is 39.5 Å². The quantitative estimate of drug-likeness (QED) is 0.433. The molecule has 38 heavy (non-hydrogen) atoms. The zero-order valence-corrected chi connectivity index (χ0v) is 21.8. The van der Waals surface area contributed by atoms with E-state index in [1.807, 2.05) is 31.2 Å². The molecule has 200 valence electrons. The van der Waals surface area contributed by atoms with Gasteiger partial charge >= 0.3 is 12.0 Å². The molecular weight excluding hydrogens is 510 g/mol. The number of rotatable bonds is 8. The second-order valence-electron chi connectivity index (χ2n) is 8.95. The molecule has 0 aliphatic carbocycles. The lowest BCUT2D eigenvalue weighted by atomic mass is 9.94. The number of hydrogen-bond acceptors (Lipinski definition) is 10. The van der Waals surface area contributed by atoms with Crippen LogP contribution in [0, 0.1) is 5.92 Å². The van der Waals surface area contributed by atoms with Gasteiger partial charge in [-0.3, -0.25) is 4.79 Å². The van der Waals surface area contributed by atoms with Gasteiger partial charge in [0.1, 0.15) is 10.6 Å². The Hall–Kier alpha value is -4.06. The lowest BCUT2D eigenvalue weighted by molar-refractivity contribution is 0.0162. The van der Waals surface area contributed by atoms with Crippen molar-refractivity contribution in [1.82, 2.24) is 20.2 Å². The number of benzene rings is 1. The van der Waals surface area contributed by atoms with Gasteiger partial charge in [-0.05, 0) is 50.3 Å². The molecular formula is C26H29N5O6S. The maximum Gasteiger partial charge on any atom is 0.417 e. The number of nitrogens with two attached hydrogens (primary N) is 1. The molecule has 5 rings (SSSR count). The molecule has 1 saturated heterocycles. The number of amides is 2. The van der Waals surface area contributed by atoms with Crippen molar-refractivity contribution in [2.45, 2.75) is 26.2 Å². The van der Waals surface area contributed by atoms with Crippen LogP contribution in [0.3, 0.4) is 0 Å². The standard InChI is InChI=1S/C26H29N5O6S/c1-2-28-23(32)20-13-19-22(29-25(27)30-24(19)38-20)17-4-3-5-18(12-17)35-11-8-16-6-9-31(10-7-16)26(33)37-21-14-34-15-36-21/h3-5,12-14,16H,2,6-11,15H2,1H3,(H,28,32)(H2,27,29,30). The molecule has 12 heteroatoms. The van der Waals surface area contributed by atoms with Crippen LogP contribution < -0.4 is 15.8 Å². The molecule has 0 spiro atoms. The van der Waals surface area contributed by atoms with Crippen LogP contribution in [0.15, 0.2) is 42.5 Å². The van der Waals surface area contributed by atoms with Gasteiger partial charge in [0.15, 0.2) is 6.26 Å². The van der Waals surface area contributed by atoms with E-state index in [0.29, 0.717) is 47.6 Å². The number of aromatic nitrogens is 2. The highest BCUT2D eigenvalue weighted by molar-refractivity contribution is 7.20. The van der Waals surface area contributed by atoms with Crippen molar-refractivity contribution in [3.05, 3.63) is 47.4 Å². The van der Waals surface area contributed by atoms with Gasteiger partial charge in [-0.25, -0.2) is 14.8 Å². The van der Waals surface area contributed by atoms with Gasteiger partial charge in [0, 0.05) is 30.6 Å². The number of piperidine rings is 1. The third kappa shape index (κ3) is 5.91. The van der Waals surface area contributed by atoms with Gasteiger partial charge in [0.05, 0.1) is 17.2 Å². The normalized spacial score (nSPS) is 15.5. The lowest BCUT2D eigenvalue weighted by Crippen LogP contribution is -2.39. The second kappa shape index (κ2) is 11.5. The molecule has 2 aromatic heterocycles. The monoisotopic (exact) mass is 539 g/mol. The Morgan fingerprint density at radius 3 is 2.84 bits per heavy atom. The van der Waals surface area contributed by atoms with Crippen LogP contribution in [0.25, 0.3) is 21.5 Å². The Labute approximate surface area is 223 Å². The Morgan fingerprint density at radius 2 is 2.08 bits per heavy atom. The first-order valence-electron chi connectivity index (χ1n) is 12.5. The molecule has 2 aliphatic heterocycles. The Kier molecular flexibility index (Phi) is 7.78. The molecule has 1 fully saturated rings. The van der Waals surface area contributed by atoms with E-state index in [1.54, 1.807) is 11.0 Å². The first kappa shape index (κ1) is 25.6. The van der Waals surface area contributed by atoms with Crippen molar-refractivity contribution in [3.63, 3.8) is 0 Å². The van der Waals surface area contributed by atoms with Crippen molar-refractivity contribution in [2.24, 2.45) is 5.92 Å². The van der Waals surface area contributed by atoms with Crippen molar-refractivity contribution in [2.75, 3.05) is 38.8 Å². The van der Waals surface area contributed by atoms with Crippen LogP contribution >= 0.6 is 11.3 Å². The van der Waals surface area contributed by atoms with E-state index >= 15 is 0 Å². The summed E-state index contributed by atoms with van der Waals surface area (Å²) >= 11 is 1.29. The molecule has 0 bridgehead atoms. The van der Waals surface area contributed by atoms with E-state index in [9.17, 15) is 9.59 Å². The summed E-state index contributed by atoms with van der Waals surface area (Å²) in [6.45, 7) is 4.28. The Balaban J connectivity index is 1.17. The molecule has 11 nitrogen and oxygen atoms in total. The van der Waals surface area contributed by atoms with Crippen LogP contribution in [0.1, 0.15) is 35.9 Å². The molecule has 0 saturated carbocycles. The van der Waals surface area contributed by atoms with Crippen LogP contribution in [0.5, 0.6) is 5.75 Å². The molecule has 2 aliphatic rings. The number of fused-ring (bicyclic) bond motifs is 1. The average molecular weight is 540 g/mol. The first-order valence-corrected chi connectivity index (χ1v) is 13.3. The number of carbonyl (C=O) groups excluding carboxylic acids is 2. The second-order valence-corrected chi connectivity index (χ2v) is 9.98. The van der Waals surface area contributed by atoms with E-state index in [1.165, 1.54) is 17.6 Å². The summed E-state index contributed by atoms with van der Waals surface area (Å²) in [5, 5.41) is 3.59. The maximum absolute atomic E-state index is 12.3. The van der Waals surface area contributed by atoms with Crippen molar-refractivity contribution in [3.8, 4) is 17.0 Å². The summed E-state index contributed by atoms with van der Waals surface area (Å²) in [4.78, 5) is 36.3. The molecule has 1 aromatic carbocycles. The van der Waals surface area contributed by atoms with Crippen LogP contribution in [0.2, 0.25) is 0 Å². The lowest BCUT2D eigenvalue weighted by Gasteiger charge is -2.31. The number of nitrogens with one attached hydrogen (secondary N) is 1. The summed E-state index contributed by atoms with van der Waals surface area (Å²) in [5.41, 5.74) is 7.48. The van der Waals surface area contributed by atoms with Gasteiger partial charge < -0.3 is 34.9 Å². The van der Waals surface area contributed by atoms with Crippen molar-refractivity contribution < 1.29 is 28.5 Å². The van der Waals surface area contributed by atoms with E-state index in [0.717, 1.165) is 36.0 Å². The van der Waals surface area contributed by atoms with Gasteiger partial charge in [-0.1, -0.05) is 12.1 Å². The Morgan fingerprint density at radius 1 is 1.24 bits per heavy atom. The zero-order valence-electron chi connectivity index (χ0n) is 21.0. The highest BCUT2D eigenvalue weighted by Gasteiger charge is 2.26. The number of nitrogen functional groups attached to an aromatic ring is 1. The van der Waals surface area contributed by atoms with Gasteiger partial charge in [0.25, 0.3) is 5.91 Å². The minimum Gasteiger partial charge on any atom is -0.494 e. The van der Waals surface area contributed by atoms with Crippen molar-refractivity contribution in [1.29, 1.82) is 0 Å². The molecule has 2 amide bonds. The number of carbonyl (C=O) groups is 2. The molecule has 0 unspecified atom stereocenters. The summed E-state index contributed by atoms with van der Waals surface area (Å²) < 4.78 is 21.2. The number of ether oxygens (including phenoxy) is 4. The highest BCUT2D eigenvalue weighted by Crippen LogP contribution is 2.34. The fourth-order valence-corrected chi connectivity index (χ4v) is 5.39. The van der Waals surface area contributed by atoms with Gasteiger partial charge in [-0.15, -0.1) is 11.3 Å². The molecule has 4 heterocycles. The van der Waals surface area contributed by atoms with Gasteiger partial charge in [0.2, 0.25) is 12.7 Å². The number of hydrogen-bond donors (Lipinski definition) is 2. The third-order valence-corrected chi connectivity index (χ3v) is 7.41. The molecule has 0 atom stereocenters. The predicted molar refractivity (Wildman–Crippen MR) is 141 cm³/mol. The van der Waals surface area contributed by atoms with E-state index in [2.05, 4.69) is 15.3 Å². The topological polar surface area (TPSA) is 138 Å². The smallest absolute Gasteiger partial charge is 0.417 e. The summed E-state index contributed by atoms with van der Waals surface area (Å²) in [6.07, 6.45) is 3.50. The van der Waals surface area contributed by atoms with Crippen LogP contribution in [0.4, 0.5) is 10.7 Å². The average Bonchev–Trinajstić information content (AvgIpc) is 3.59.